The highest BCUT2D eigenvalue weighted by Crippen LogP contribution is 2.68. The van der Waals surface area contributed by atoms with Crippen LogP contribution in [0.15, 0.2) is 35.9 Å². The number of carbonyl (C=O) groups excluding carboxylic acids is 1. The third kappa shape index (κ3) is 4.44. The summed E-state index contributed by atoms with van der Waals surface area (Å²) >= 11 is 0. The van der Waals surface area contributed by atoms with Crippen molar-refractivity contribution >= 4 is 11.5 Å². The number of ether oxygens (including phenoxy) is 1. The highest BCUT2D eigenvalue weighted by Gasteiger charge is 2.64. The standard InChI is InChI=1S/C34H45NO3/c1-32(2,3)15-16-34(37)14-13-30-28-11-7-24-21-26(36)10-12-27(24)31(28)29(22-33(30,34)4)23-5-8-25(9-6-23)35-17-19-38-20-18-35/h5-6,8-9,21,27-31,37H,7,10-14,17-20,22H2,1-4H3/t27-,28-,29+,30-,31+,33-,34+/m0/s1. The second-order valence-electron chi connectivity index (χ2n) is 14.0. The van der Waals surface area contributed by atoms with E-state index in [1.165, 1.54) is 16.8 Å². The Hall–Kier alpha value is -2.09. The number of anilines is 1. The minimum atomic E-state index is -0.944. The summed E-state index contributed by atoms with van der Waals surface area (Å²) in [5.41, 5.74) is 2.77. The average molecular weight is 516 g/mol. The molecule has 1 aromatic carbocycles. The van der Waals surface area contributed by atoms with Gasteiger partial charge in [0.15, 0.2) is 5.78 Å². The number of ketones is 1. The molecule has 3 saturated carbocycles. The summed E-state index contributed by atoms with van der Waals surface area (Å²) in [5, 5.41) is 12.2. The molecule has 1 saturated heterocycles. The Morgan fingerprint density at radius 2 is 1.76 bits per heavy atom. The molecule has 0 radical (unpaired) electrons. The number of allylic oxidation sites excluding steroid dienone is 1. The topological polar surface area (TPSA) is 49.8 Å². The van der Waals surface area contributed by atoms with E-state index in [1.54, 1.807) is 0 Å². The van der Waals surface area contributed by atoms with Gasteiger partial charge in [-0.1, -0.05) is 36.5 Å². The molecule has 0 spiro atoms. The first-order valence-corrected chi connectivity index (χ1v) is 15.0. The second kappa shape index (κ2) is 9.53. The zero-order valence-electron chi connectivity index (χ0n) is 23.8. The first-order chi connectivity index (χ1) is 18.1. The normalized spacial score (nSPS) is 38.9. The van der Waals surface area contributed by atoms with Crippen molar-refractivity contribution in [3.05, 3.63) is 41.5 Å². The Morgan fingerprint density at radius 3 is 2.47 bits per heavy atom. The molecule has 0 unspecified atom stereocenters. The molecule has 1 heterocycles. The highest BCUT2D eigenvalue weighted by molar-refractivity contribution is 5.91. The lowest BCUT2D eigenvalue weighted by molar-refractivity contribution is -0.117. The number of aliphatic hydroxyl groups is 1. The van der Waals surface area contributed by atoms with Gasteiger partial charge in [-0.05, 0) is 113 Å². The molecule has 6 rings (SSSR count). The second-order valence-corrected chi connectivity index (χ2v) is 14.0. The van der Waals surface area contributed by atoms with Crippen LogP contribution in [0.5, 0.6) is 0 Å². The van der Waals surface area contributed by atoms with E-state index in [4.69, 9.17) is 4.74 Å². The molecule has 4 aliphatic carbocycles. The molecule has 1 aromatic rings. The Kier molecular flexibility index (Phi) is 6.56. The maximum Gasteiger partial charge on any atom is 0.155 e. The molecule has 1 aliphatic heterocycles. The SMILES string of the molecule is CC(C)(C)C#C[C@]1(O)CC[C@H]2[C@@H]3CCC4=CC(=O)CC[C@@H]4[C@H]3[C@@H](c3ccc(N4CCOCC4)cc3)C[C@@]21C. The van der Waals surface area contributed by atoms with Gasteiger partial charge in [0.05, 0.1) is 13.2 Å². The van der Waals surface area contributed by atoms with Crippen molar-refractivity contribution in [2.45, 2.75) is 84.2 Å². The third-order valence-corrected chi connectivity index (χ3v) is 10.8. The number of hydrogen-bond donors (Lipinski definition) is 1. The number of nitrogens with zero attached hydrogens (tertiary/aromatic N) is 1. The monoisotopic (exact) mass is 515 g/mol. The molecule has 204 valence electrons. The molecule has 4 nitrogen and oxygen atoms in total. The van der Waals surface area contributed by atoms with E-state index in [-0.39, 0.29) is 10.8 Å². The summed E-state index contributed by atoms with van der Waals surface area (Å²) in [6, 6.07) is 9.32. The van der Waals surface area contributed by atoms with Crippen LogP contribution < -0.4 is 4.90 Å². The molecule has 4 heteroatoms. The number of carbonyl (C=O) groups is 1. The van der Waals surface area contributed by atoms with E-state index in [9.17, 15) is 9.90 Å². The molecular weight excluding hydrogens is 470 g/mol. The highest BCUT2D eigenvalue weighted by atomic mass is 16.5. The lowest BCUT2D eigenvalue weighted by atomic mass is 9.46. The van der Waals surface area contributed by atoms with E-state index in [1.807, 2.05) is 6.08 Å². The Labute approximate surface area is 229 Å². The smallest absolute Gasteiger partial charge is 0.155 e. The molecule has 1 N–H and O–H groups in total. The Balaban J connectivity index is 1.39. The van der Waals surface area contributed by atoms with Crippen LogP contribution in [0.2, 0.25) is 0 Å². The van der Waals surface area contributed by atoms with Gasteiger partial charge in [0.25, 0.3) is 0 Å². The van der Waals surface area contributed by atoms with Crippen molar-refractivity contribution < 1.29 is 14.6 Å². The van der Waals surface area contributed by atoms with Gasteiger partial charge in [0.2, 0.25) is 0 Å². The summed E-state index contributed by atoms with van der Waals surface area (Å²) in [7, 11) is 0. The zero-order chi connectivity index (χ0) is 26.7. The minimum absolute atomic E-state index is 0.130. The lowest BCUT2D eigenvalue weighted by Crippen LogP contribution is -2.54. The fourth-order valence-electron chi connectivity index (χ4n) is 8.90. The summed E-state index contributed by atoms with van der Waals surface area (Å²) in [6.07, 6.45) is 8.63. The minimum Gasteiger partial charge on any atom is -0.378 e. The van der Waals surface area contributed by atoms with E-state index < -0.39 is 5.60 Å². The lowest BCUT2D eigenvalue weighted by Gasteiger charge is -2.58. The summed E-state index contributed by atoms with van der Waals surface area (Å²) in [5.74, 6) is 9.63. The molecule has 0 aromatic heterocycles. The van der Waals surface area contributed by atoms with Crippen LogP contribution in [0.1, 0.15) is 84.1 Å². The largest absolute Gasteiger partial charge is 0.378 e. The fourth-order valence-corrected chi connectivity index (χ4v) is 8.90. The summed E-state index contributed by atoms with van der Waals surface area (Å²) in [4.78, 5) is 14.8. The maximum atomic E-state index is 12.4. The van der Waals surface area contributed by atoms with Crippen molar-refractivity contribution in [2.24, 2.45) is 34.5 Å². The first kappa shape index (κ1) is 26.1. The average Bonchev–Trinajstić information content (AvgIpc) is 3.17. The quantitative estimate of drug-likeness (QED) is 0.481. The van der Waals surface area contributed by atoms with Crippen LogP contribution in [0.25, 0.3) is 0 Å². The summed E-state index contributed by atoms with van der Waals surface area (Å²) in [6.45, 7) is 12.2. The molecule has 38 heavy (non-hydrogen) atoms. The predicted octanol–water partition coefficient (Wildman–Crippen LogP) is 6.14. The maximum absolute atomic E-state index is 12.4. The number of fused-ring (bicyclic) bond motifs is 5. The van der Waals surface area contributed by atoms with Crippen molar-refractivity contribution in [1.82, 2.24) is 0 Å². The van der Waals surface area contributed by atoms with Crippen LogP contribution in [0.3, 0.4) is 0 Å². The molecule has 0 bridgehead atoms. The van der Waals surface area contributed by atoms with Gasteiger partial charge >= 0.3 is 0 Å². The van der Waals surface area contributed by atoms with E-state index in [0.29, 0.717) is 41.8 Å². The van der Waals surface area contributed by atoms with Crippen LogP contribution in [0, 0.1) is 46.3 Å². The van der Waals surface area contributed by atoms with Gasteiger partial charge in [-0.3, -0.25) is 4.79 Å². The molecule has 0 amide bonds. The van der Waals surface area contributed by atoms with Crippen LogP contribution in [-0.4, -0.2) is 42.8 Å². The van der Waals surface area contributed by atoms with Crippen LogP contribution in [0.4, 0.5) is 5.69 Å². The molecule has 5 aliphatic rings. The van der Waals surface area contributed by atoms with E-state index in [2.05, 4.69) is 68.7 Å². The molecular formula is C34H45NO3. The fraction of sp³-hybridized carbons (Fsp3) is 0.676. The van der Waals surface area contributed by atoms with Crippen molar-refractivity contribution in [3.63, 3.8) is 0 Å². The van der Waals surface area contributed by atoms with Crippen molar-refractivity contribution in [3.8, 4) is 11.8 Å². The van der Waals surface area contributed by atoms with Crippen LogP contribution >= 0.6 is 0 Å². The predicted molar refractivity (Wildman–Crippen MR) is 152 cm³/mol. The number of benzene rings is 1. The van der Waals surface area contributed by atoms with Gasteiger partial charge < -0.3 is 14.7 Å². The van der Waals surface area contributed by atoms with E-state index >= 15 is 0 Å². The molecule has 4 fully saturated rings. The number of morpholine rings is 1. The van der Waals surface area contributed by atoms with Crippen LogP contribution in [-0.2, 0) is 9.53 Å². The Bertz CT molecular complexity index is 1160. The Morgan fingerprint density at radius 1 is 1.03 bits per heavy atom. The van der Waals surface area contributed by atoms with Crippen molar-refractivity contribution in [2.75, 3.05) is 31.2 Å². The van der Waals surface area contributed by atoms with Crippen molar-refractivity contribution in [1.29, 1.82) is 0 Å². The van der Waals surface area contributed by atoms with Gasteiger partial charge in [-0.15, -0.1) is 0 Å². The first-order valence-electron chi connectivity index (χ1n) is 15.0. The number of hydrogen-bond acceptors (Lipinski definition) is 4. The van der Waals surface area contributed by atoms with Gasteiger partial charge in [0, 0.05) is 36.0 Å². The van der Waals surface area contributed by atoms with Gasteiger partial charge in [-0.2, -0.15) is 0 Å². The molecule has 7 atom stereocenters. The zero-order valence-corrected chi connectivity index (χ0v) is 23.8. The van der Waals surface area contributed by atoms with Gasteiger partial charge in [0.1, 0.15) is 5.60 Å². The van der Waals surface area contributed by atoms with Gasteiger partial charge in [-0.25, -0.2) is 0 Å². The van der Waals surface area contributed by atoms with E-state index in [0.717, 1.165) is 64.8 Å². The summed E-state index contributed by atoms with van der Waals surface area (Å²) < 4.78 is 5.56. The number of rotatable bonds is 2. The third-order valence-electron chi connectivity index (χ3n) is 10.8.